The van der Waals surface area contributed by atoms with Crippen molar-refractivity contribution in [2.45, 2.75) is 64.2 Å². The largest absolute Gasteiger partial charge is 0.694 e. The lowest BCUT2D eigenvalue weighted by atomic mass is 9.73. The number of hydrogen-bond acceptors (Lipinski definition) is 2. The van der Waals surface area contributed by atoms with Crippen LogP contribution in [0.25, 0.3) is 0 Å². The van der Waals surface area contributed by atoms with Crippen molar-refractivity contribution in [2.75, 3.05) is 7.11 Å². The molecule has 0 saturated heterocycles. The van der Waals surface area contributed by atoms with E-state index in [2.05, 4.69) is 4.52 Å². The summed E-state index contributed by atoms with van der Waals surface area (Å²) in [5, 5.41) is 0. The van der Waals surface area contributed by atoms with E-state index in [1.54, 1.807) is 25.7 Å². The minimum atomic E-state index is -2.35. The van der Waals surface area contributed by atoms with E-state index in [1.165, 1.54) is 45.6 Å². The molecule has 0 heterocycles. The van der Waals surface area contributed by atoms with Crippen LogP contribution >= 0.6 is 8.25 Å². The van der Waals surface area contributed by atoms with Crippen molar-refractivity contribution in [3.05, 3.63) is 0 Å². The first-order valence-electron chi connectivity index (χ1n) is 6.94. The molecule has 2 saturated carbocycles. The number of rotatable bonds is 2. The molecule has 0 aliphatic heterocycles. The second kappa shape index (κ2) is 9.02. The minimum absolute atomic E-state index is 1.14. The molecule has 0 aromatic heterocycles. The van der Waals surface area contributed by atoms with Gasteiger partial charge in [-0.25, -0.2) is 0 Å². The molecular weight excluding hydrogens is 235 g/mol. The second-order valence-electron chi connectivity index (χ2n) is 5.22. The maximum absolute atomic E-state index is 9.29. The summed E-state index contributed by atoms with van der Waals surface area (Å²) < 4.78 is 13.1. The molecule has 2 fully saturated rings. The lowest BCUT2D eigenvalue weighted by molar-refractivity contribution is 0.196. The Morgan fingerprint density at radius 3 is 1.41 bits per heavy atom. The Bertz CT molecular complexity index is 193. The summed E-state index contributed by atoms with van der Waals surface area (Å²) in [5.41, 5.74) is 0. The van der Waals surface area contributed by atoms with Gasteiger partial charge in [0.25, 0.3) is 0 Å². The Morgan fingerprint density at radius 1 is 0.882 bits per heavy atom. The van der Waals surface area contributed by atoms with Crippen LogP contribution in [-0.4, -0.2) is 12.0 Å². The molecule has 2 rings (SSSR count). The van der Waals surface area contributed by atoms with Crippen LogP contribution in [0.5, 0.6) is 0 Å². The molecule has 1 atom stereocenters. The van der Waals surface area contributed by atoms with E-state index < -0.39 is 8.25 Å². The van der Waals surface area contributed by atoms with Crippen LogP contribution in [0.3, 0.4) is 0 Å². The molecule has 0 aromatic carbocycles. The van der Waals surface area contributed by atoms with Gasteiger partial charge in [-0.1, -0.05) is 64.2 Å². The Balaban J connectivity index is 0.000000249. The third-order valence-electron chi connectivity index (χ3n) is 4.12. The van der Waals surface area contributed by atoms with Gasteiger partial charge in [-0.2, -0.15) is 0 Å². The average molecular weight is 261 g/mol. The Labute approximate surface area is 106 Å². The van der Waals surface area contributed by atoms with E-state index in [0.29, 0.717) is 0 Å². The molecule has 17 heavy (non-hydrogen) atoms. The van der Waals surface area contributed by atoms with E-state index in [-0.39, 0.29) is 0 Å². The predicted octanol–water partition coefficient (Wildman–Crippen LogP) is 4.43. The third kappa shape index (κ3) is 6.49. The van der Waals surface area contributed by atoms with Crippen LogP contribution < -0.4 is 0 Å². The first-order chi connectivity index (χ1) is 8.24. The van der Waals surface area contributed by atoms with Crippen molar-refractivity contribution in [3.8, 4) is 0 Å². The van der Waals surface area contributed by atoms with Crippen molar-refractivity contribution >= 4 is 8.25 Å². The van der Waals surface area contributed by atoms with E-state index in [4.69, 9.17) is 4.89 Å². The second-order valence-corrected chi connectivity index (χ2v) is 6.06. The molecule has 0 amide bonds. The fourth-order valence-corrected chi connectivity index (χ4v) is 3.21. The van der Waals surface area contributed by atoms with Gasteiger partial charge in [-0.15, -0.1) is 9.42 Å². The SMILES string of the molecule is C1CCC(C2CCCCC2)CC1.CO[P+](=O)O. The van der Waals surface area contributed by atoms with Crippen LogP contribution in [0.2, 0.25) is 0 Å². The monoisotopic (exact) mass is 261 g/mol. The van der Waals surface area contributed by atoms with Crippen LogP contribution in [0.1, 0.15) is 64.2 Å². The van der Waals surface area contributed by atoms with Crippen molar-refractivity contribution in [3.63, 3.8) is 0 Å². The summed E-state index contributed by atoms with van der Waals surface area (Å²) >= 11 is 0. The zero-order chi connectivity index (χ0) is 12.5. The standard InChI is InChI=1S/C12H22.CH3O3P/c1-3-7-11(8-4-1)12-9-5-2-6-10-12;1-4-5(2)3/h11-12H,1-10H2;1H3/p+1. The first kappa shape index (κ1) is 15.1. The van der Waals surface area contributed by atoms with Gasteiger partial charge in [-0.3, -0.25) is 0 Å². The lowest BCUT2D eigenvalue weighted by Crippen LogP contribution is -2.20. The molecular formula is C13H26O3P+. The van der Waals surface area contributed by atoms with Gasteiger partial charge in [0.15, 0.2) is 0 Å². The molecule has 0 aromatic rings. The molecule has 3 nitrogen and oxygen atoms in total. The summed E-state index contributed by atoms with van der Waals surface area (Å²) in [6, 6.07) is 0. The Kier molecular flexibility index (Phi) is 8.00. The Morgan fingerprint density at radius 2 is 1.18 bits per heavy atom. The zero-order valence-corrected chi connectivity index (χ0v) is 11.8. The van der Waals surface area contributed by atoms with Gasteiger partial charge >= 0.3 is 8.25 Å². The average Bonchev–Trinajstić information content (AvgIpc) is 2.41. The summed E-state index contributed by atoms with van der Waals surface area (Å²) in [6.45, 7) is 0. The van der Waals surface area contributed by atoms with Crippen molar-refractivity contribution < 1.29 is 14.0 Å². The maximum Gasteiger partial charge on any atom is 0.694 e. The van der Waals surface area contributed by atoms with Gasteiger partial charge in [0, 0.05) is 4.57 Å². The predicted molar refractivity (Wildman–Crippen MR) is 70.0 cm³/mol. The van der Waals surface area contributed by atoms with Gasteiger partial charge < -0.3 is 0 Å². The van der Waals surface area contributed by atoms with E-state index in [0.717, 1.165) is 11.8 Å². The highest BCUT2D eigenvalue weighted by atomic mass is 31.1. The fraction of sp³-hybridized carbons (Fsp3) is 1.00. The third-order valence-corrected chi connectivity index (χ3v) is 4.43. The zero-order valence-electron chi connectivity index (χ0n) is 10.9. The maximum atomic E-state index is 9.29. The van der Waals surface area contributed by atoms with Crippen LogP contribution in [-0.2, 0) is 9.09 Å². The first-order valence-corrected chi connectivity index (χ1v) is 8.07. The highest BCUT2D eigenvalue weighted by Crippen LogP contribution is 2.37. The summed E-state index contributed by atoms with van der Waals surface area (Å²) in [7, 11) is -1.18. The normalized spacial score (nSPS) is 23.8. The molecule has 0 radical (unpaired) electrons. The van der Waals surface area contributed by atoms with Gasteiger partial charge in [0.1, 0.15) is 0 Å². The highest BCUT2D eigenvalue weighted by Gasteiger charge is 2.24. The lowest BCUT2D eigenvalue weighted by Gasteiger charge is -2.32. The highest BCUT2D eigenvalue weighted by molar-refractivity contribution is 7.32. The van der Waals surface area contributed by atoms with Gasteiger partial charge in [-0.05, 0) is 11.8 Å². The molecule has 1 N–H and O–H groups in total. The fourth-order valence-electron chi connectivity index (χ4n) is 3.21. The van der Waals surface area contributed by atoms with E-state index >= 15 is 0 Å². The van der Waals surface area contributed by atoms with E-state index in [9.17, 15) is 4.57 Å². The molecule has 100 valence electrons. The molecule has 4 heteroatoms. The van der Waals surface area contributed by atoms with Crippen molar-refractivity contribution in [1.29, 1.82) is 0 Å². The van der Waals surface area contributed by atoms with E-state index in [1.807, 2.05) is 0 Å². The molecule has 2 aliphatic rings. The van der Waals surface area contributed by atoms with Gasteiger partial charge in [0.2, 0.25) is 0 Å². The van der Waals surface area contributed by atoms with Crippen LogP contribution in [0.15, 0.2) is 0 Å². The van der Waals surface area contributed by atoms with Gasteiger partial charge in [0.05, 0.1) is 7.11 Å². The van der Waals surface area contributed by atoms with Crippen LogP contribution in [0.4, 0.5) is 0 Å². The smallest absolute Gasteiger partial charge is 0.133 e. The summed E-state index contributed by atoms with van der Waals surface area (Å²) in [4.78, 5) is 7.65. The number of hydrogen-bond donors (Lipinski definition) is 1. The Hall–Kier alpha value is 0.0200. The summed E-state index contributed by atoms with van der Waals surface area (Å²) in [5.74, 6) is 2.28. The quantitative estimate of drug-likeness (QED) is 0.748. The molecule has 1 unspecified atom stereocenters. The van der Waals surface area contributed by atoms with Crippen molar-refractivity contribution in [1.82, 2.24) is 0 Å². The molecule has 2 aliphatic carbocycles. The van der Waals surface area contributed by atoms with Crippen molar-refractivity contribution in [2.24, 2.45) is 11.8 Å². The summed E-state index contributed by atoms with van der Waals surface area (Å²) in [6.07, 6.45) is 15.4. The minimum Gasteiger partial charge on any atom is -0.133 e. The van der Waals surface area contributed by atoms with Crippen LogP contribution in [0, 0.1) is 11.8 Å². The molecule has 0 bridgehead atoms. The topological polar surface area (TPSA) is 46.5 Å². The molecule has 0 spiro atoms.